The quantitative estimate of drug-likeness (QED) is 0.647. The Balaban J connectivity index is 2.50. The molecule has 0 aliphatic carbocycles. The first-order valence-corrected chi connectivity index (χ1v) is 5.81. The largest absolute Gasteiger partial charge is 0.478 e. The maximum atomic E-state index is 11.2. The number of hydrogen-bond donors (Lipinski definition) is 1. The molecular formula is C12H11N3O5. The molecule has 1 fully saturated rings. The number of carboxylic acids is 1. The van der Waals surface area contributed by atoms with Crippen LogP contribution in [0, 0.1) is 21.4 Å². The van der Waals surface area contributed by atoms with Crippen LogP contribution in [0.3, 0.4) is 0 Å². The highest BCUT2D eigenvalue weighted by Crippen LogP contribution is 2.33. The van der Waals surface area contributed by atoms with Crippen LogP contribution in [-0.2, 0) is 4.74 Å². The number of para-hydroxylation sites is 1. The molecule has 0 spiro atoms. The number of nitrogens with zero attached hydrogens (tertiary/aromatic N) is 3. The van der Waals surface area contributed by atoms with Crippen LogP contribution in [-0.4, -0.2) is 41.8 Å². The number of anilines is 1. The number of benzene rings is 1. The molecule has 0 saturated carbocycles. The zero-order valence-corrected chi connectivity index (χ0v) is 10.4. The van der Waals surface area contributed by atoms with Gasteiger partial charge in [0.05, 0.1) is 29.7 Å². The summed E-state index contributed by atoms with van der Waals surface area (Å²) in [6.07, 6.45) is -0.731. The van der Waals surface area contributed by atoms with Gasteiger partial charge in [0.15, 0.2) is 6.10 Å². The second kappa shape index (κ2) is 5.54. The fraction of sp³-hybridized carbons (Fsp3) is 0.333. The lowest BCUT2D eigenvalue weighted by Gasteiger charge is -2.31. The maximum Gasteiger partial charge on any atom is 0.338 e. The molecule has 1 unspecified atom stereocenters. The molecule has 0 amide bonds. The molecule has 0 aromatic heterocycles. The van der Waals surface area contributed by atoms with Crippen molar-refractivity contribution < 1.29 is 19.6 Å². The minimum Gasteiger partial charge on any atom is -0.478 e. The van der Waals surface area contributed by atoms with Gasteiger partial charge in [-0.2, -0.15) is 5.26 Å². The standard InChI is InChI=1S/C12H11N3O5/c13-6-8-7-14(4-5-20-8)11-9(12(16)17)2-1-3-10(11)15(18)19/h1-3,8H,4-5,7H2,(H,16,17). The van der Waals surface area contributed by atoms with E-state index >= 15 is 0 Å². The second-order valence-electron chi connectivity index (χ2n) is 4.17. The molecular weight excluding hydrogens is 266 g/mol. The molecule has 1 aromatic rings. The van der Waals surface area contributed by atoms with Crippen LogP contribution >= 0.6 is 0 Å². The number of aromatic carboxylic acids is 1. The second-order valence-corrected chi connectivity index (χ2v) is 4.17. The van der Waals surface area contributed by atoms with Crippen LogP contribution < -0.4 is 4.90 Å². The van der Waals surface area contributed by atoms with Crippen molar-refractivity contribution in [1.29, 1.82) is 5.26 Å². The van der Waals surface area contributed by atoms with Crippen LogP contribution in [0.25, 0.3) is 0 Å². The van der Waals surface area contributed by atoms with Crippen LogP contribution in [0.2, 0.25) is 0 Å². The van der Waals surface area contributed by atoms with E-state index in [0.717, 1.165) is 0 Å². The van der Waals surface area contributed by atoms with E-state index in [0.29, 0.717) is 6.54 Å². The first kappa shape index (κ1) is 13.8. The lowest BCUT2D eigenvalue weighted by molar-refractivity contribution is -0.384. The number of carbonyl (C=O) groups is 1. The number of morpholine rings is 1. The number of carboxylic acid groups (broad SMARTS) is 1. The van der Waals surface area contributed by atoms with E-state index in [1.807, 2.05) is 6.07 Å². The van der Waals surface area contributed by atoms with Gasteiger partial charge in [0.2, 0.25) is 0 Å². The molecule has 1 atom stereocenters. The van der Waals surface area contributed by atoms with Gasteiger partial charge in [-0.15, -0.1) is 0 Å². The zero-order valence-electron chi connectivity index (χ0n) is 10.4. The highest BCUT2D eigenvalue weighted by atomic mass is 16.6. The van der Waals surface area contributed by atoms with Gasteiger partial charge >= 0.3 is 5.97 Å². The lowest BCUT2D eigenvalue weighted by Crippen LogP contribution is -2.42. The number of hydrogen-bond acceptors (Lipinski definition) is 6. The smallest absolute Gasteiger partial charge is 0.338 e. The van der Waals surface area contributed by atoms with E-state index < -0.39 is 17.0 Å². The predicted molar refractivity (Wildman–Crippen MR) is 67.6 cm³/mol. The molecule has 1 aromatic carbocycles. The first-order valence-electron chi connectivity index (χ1n) is 5.81. The highest BCUT2D eigenvalue weighted by molar-refractivity contribution is 5.97. The van der Waals surface area contributed by atoms with Crippen LogP contribution in [0.1, 0.15) is 10.4 Å². The maximum absolute atomic E-state index is 11.2. The third-order valence-corrected chi connectivity index (χ3v) is 2.97. The summed E-state index contributed by atoms with van der Waals surface area (Å²) in [6, 6.07) is 5.80. The Morgan fingerprint density at radius 3 is 2.95 bits per heavy atom. The van der Waals surface area contributed by atoms with E-state index in [1.54, 1.807) is 0 Å². The Morgan fingerprint density at radius 2 is 2.35 bits per heavy atom. The Labute approximate surface area is 113 Å². The average molecular weight is 277 g/mol. The fourth-order valence-electron chi connectivity index (χ4n) is 2.11. The van der Waals surface area contributed by atoms with Crippen LogP contribution in [0.5, 0.6) is 0 Å². The van der Waals surface area contributed by atoms with E-state index in [1.165, 1.54) is 23.1 Å². The Hall–Kier alpha value is -2.66. The minimum absolute atomic E-state index is 0.0218. The number of nitriles is 1. The van der Waals surface area contributed by atoms with Crippen molar-refractivity contribution in [3.63, 3.8) is 0 Å². The number of ether oxygens (including phenoxy) is 1. The van der Waals surface area contributed by atoms with Gasteiger partial charge in [-0.3, -0.25) is 10.1 Å². The van der Waals surface area contributed by atoms with E-state index in [4.69, 9.17) is 10.00 Å². The third kappa shape index (κ3) is 2.53. The Bertz CT molecular complexity index is 563. The monoisotopic (exact) mass is 277 g/mol. The Kier molecular flexibility index (Phi) is 3.81. The molecule has 1 aliphatic heterocycles. The number of rotatable bonds is 3. The molecule has 1 N–H and O–H groups in total. The van der Waals surface area contributed by atoms with Crippen molar-refractivity contribution in [3.05, 3.63) is 33.9 Å². The summed E-state index contributed by atoms with van der Waals surface area (Å²) in [6.45, 7) is 0.605. The van der Waals surface area contributed by atoms with Crippen LogP contribution in [0.4, 0.5) is 11.4 Å². The summed E-state index contributed by atoms with van der Waals surface area (Å²) in [4.78, 5) is 23.2. The molecule has 20 heavy (non-hydrogen) atoms. The SMILES string of the molecule is N#CC1CN(c2c(C(=O)O)cccc2[N+](=O)[O-])CCO1. The third-order valence-electron chi connectivity index (χ3n) is 2.97. The first-order chi connectivity index (χ1) is 9.54. The van der Waals surface area contributed by atoms with Gasteiger partial charge < -0.3 is 14.7 Å². The summed E-state index contributed by atoms with van der Waals surface area (Å²) in [7, 11) is 0. The van der Waals surface area contributed by atoms with Crippen molar-refractivity contribution >= 4 is 17.3 Å². The van der Waals surface area contributed by atoms with Gasteiger partial charge in [0.1, 0.15) is 5.69 Å². The molecule has 8 nitrogen and oxygen atoms in total. The normalized spacial score (nSPS) is 18.4. The average Bonchev–Trinajstić information content (AvgIpc) is 2.46. The van der Waals surface area contributed by atoms with Crippen molar-refractivity contribution in [2.24, 2.45) is 0 Å². The van der Waals surface area contributed by atoms with Gasteiger partial charge in [-0.05, 0) is 6.07 Å². The number of nitro groups is 1. The molecule has 1 aliphatic rings. The summed E-state index contributed by atoms with van der Waals surface area (Å²) >= 11 is 0. The molecule has 104 valence electrons. The van der Waals surface area contributed by atoms with Gasteiger partial charge in [-0.25, -0.2) is 4.79 Å². The predicted octanol–water partition coefficient (Wildman–Crippen LogP) is 1.02. The summed E-state index contributed by atoms with van der Waals surface area (Å²) < 4.78 is 5.16. The van der Waals surface area contributed by atoms with Gasteiger partial charge in [-0.1, -0.05) is 6.07 Å². The molecule has 1 heterocycles. The molecule has 0 radical (unpaired) electrons. The molecule has 8 heteroatoms. The van der Waals surface area contributed by atoms with Crippen molar-refractivity contribution in [3.8, 4) is 6.07 Å². The molecule has 2 rings (SSSR count). The molecule has 1 saturated heterocycles. The summed E-state index contributed by atoms with van der Waals surface area (Å²) in [5.41, 5.74) is -0.421. The van der Waals surface area contributed by atoms with E-state index in [2.05, 4.69) is 0 Å². The topological polar surface area (TPSA) is 117 Å². The Morgan fingerprint density at radius 1 is 1.60 bits per heavy atom. The summed E-state index contributed by atoms with van der Waals surface area (Å²) in [5.74, 6) is -1.25. The summed E-state index contributed by atoms with van der Waals surface area (Å²) in [5, 5.41) is 29.1. The van der Waals surface area contributed by atoms with Crippen molar-refractivity contribution in [2.45, 2.75) is 6.10 Å². The zero-order chi connectivity index (χ0) is 14.7. The van der Waals surface area contributed by atoms with Gasteiger partial charge in [0.25, 0.3) is 5.69 Å². The fourth-order valence-corrected chi connectivity index (χ4v) is 2.11. The van der Waals surface area contributed by atoms with Crippen molar-refractivity contribution in [2.75, 3.05) is 24.6 Å². The lowest BCUT2D eigenvalue weighted by atomic mass is 10.1. The van der Waals surface area contributed by atoms with E-state index in [9.17, 15) is 20.0 Å². The van der Waals surface area contributed by atoms with Crippen LogP contribution in [0.15, 0.2) is 18.2 Å². The van der Waals surface area contributed by atoms with Gasteiger partial charge in [0, 0.05) is 12.6 Å². The van der Waals surface area contributed by atoms with E-state index in [-0.39, 0.29) is 30.1 Å². The highest BCUT2D eigenvalue weighted by Gasteiger charge is 2.30. The number of nitro benzene ring substituents is 1. The molecule has 0 bridgehead atoms. The minimum atomic E-state index is -1.25. The van der Waals surface area contributed by atoms with Crippen molar-refractivity contribution in [1.82, 2.24) is 0 Å².